The summed E-state index contributed by atoms with van der Waals surface area (Å²) in [6.45, 7) is 3.14. The fourth-order valence-corrected chi connectivity index (χ4v) is 1.95. The maximum absolute atomic E-state index is 10.8. The Kier molecular flexibility index (Phi) is 6.08. The summed E-state index contributed by atoms with van der Waals surface area (Å²) < 4.78 is 0. The first-order valence-electron chi connectivity index (χ1n) is 5.73. The van der Waals surface area contributed by atoms with Crippen LogP contribution in [0.25, 0.3) is 0 Å². The number of thioether (sulfide) groups is 1. The Morgan fingerprint density at radius 2 is 2.06 bits per heavy atom. The second-order valence-corrected chi connectivity index (χ2v) is 4.80. The van der Waals surface area contributed by atoms with Gasteiger partial charge < -0.3 is 10.4 Å². The van der Waals surface area contributed by atoms with E-state index in [1.54, 1.807) is 11.8 Å². The van der Waals surface area contributed by atoms with E-state index < -0.39 is 5.97 Å². The Balaban J connectivity index is 2.37. The van der Waals surface area contributed by atoms with Crippen molar-refractivity contribution >= 4 is 17.7 Å². The first-order valence-corrected chi connectivity index (χ1v) is 6.96. The monoisotopic (exact) mass is 253 g/mol. The van der Waals surface area contributed by atoms with Crippen LogP contribution in [-0.4, -0.2) is 23.9 Å². The van der Waals surface area contributed by atoms with Gasteiger partial charge in [-0.2, -0.15) is 0 Å². The number of hydrogen-bond donors (Lipinski definition) is 2. The standard InChI is InChI=1S/C13H19NO2S/c1-3-11(13(15)16)9-14-8-10-4-6-12(17-2)7-5-10/h4-7,11,14H,3,8-9H2,1-2H3,(H,15,16). The number of carboxylic acid groups (broad SMARTS) is 1. The number of carboxylic acids is 1. The van der Waals surface area contributed by atoms with Crippen LogP contribution in [0.5, 0.6) is 0 Å². The van der Waals surface area contributed by atoms with E-state index in [9.17, 15) is 4.79 Å². The van der Waals surface area contributed by atoms with Crippen molar-refractivity contribution in [3.63, 3.8) is 0 Å². The zero-order valence-corrected chi connectivity index (χ0v) is 11.1. The Labute approximate surface area is 107 Å². The SMILES string of the molecule is CCC(CNCc1ccc(SC)cc1)C(=O)O. The molecule has 17 heavy (non-hydrogen) atoms. The average molecular weight is 253 g/mol. The number of rotatable bonds is 7. The average Bonchev–Trinajstić information content (AvgIpc) is 2.35. The third kappa shape index (κ3) is 4.79. The van der Waals surface area contributed by atoms with E-state index in [0.717, 1.165) is 6.54 Å². The largest absolute Gasteiger partial charge is 0.481 e. The summed E-state index contributed by atoms with van der Waals surface area (Å²) in [6, 6.07) is 8.30. The molecule has 1 atom stereocenters. The first-order chi connectivity index (χ1) is 8.17. The van der Waals surface area contributed by atoms with Crippen molar-refractivity contribution in [1.29, 1.82) is 0 Å². The lowest BCUT2D eigenvalue weighted by Gasteiger charge is -2.11. The van der Waals surface area contributed by atoms with Crippen LogP contribution >= 0.6 is 11.8 Å². The molecule has 0 spiro atoms. The van der Waals surface area contributed by atoms with Crippen LogP contribution in [0, 0.1) is 5.92 Å². The van der Waals surface area contributed by atoms with Crippen LogP contribution in [0.3, 0.4) is 0 Å². The van der Waals surface area contributed by atoms with Gasteiger partial charge in [-0.25, -0.2) is 0 Å². The predicted molar refractivity (Wildman–Crippen MR) is 71.3 cm³/mol. The van der Waals surface area contributed by atoms with E-state index in [-0.39, 0.29) is 5.92 Å². The van der Waals surface area contributed by atoms with E-state index in [0.29, 0.717) is 13.0 Å². The van der Waals surface area contributed by atoms with Crippen molar-refractivity contribution in [2.24, 2.45) is 5.92 Å². The summed E-state index contributed by atoms with van der Waals surface area (Å²) in [5.74, 6) is -1.02. The molecular formula is C13H19NO2S. The Hall–Kier alpha value is -1.00. The van der Waals surface area contributed by atoms with Crippen LogP contribution in [0.15, 0.2) is 29.2 Å². The van der Waals surface area contributed by atoms with Gasteiger partial charge in [0, 0.05) is 18.0 Å². The van der Waals surface area contributed by atoms with Gasteiger partial charge in [0.25, 0.3) is 0 Å². The number of nitrogens with one attached hydrogen (secondary N) is 1. The molecule has 2 N–H and O–H groups in total. The van der Waals surface area contributed by atoms with E-state index in [4.69, 9.17) is 5.11 Å². The maximum Gasteiger partial charge on any atom is 0.307 e. The fourth-order valence-electron chi connectivity index (χ4n) is 1.54. The van der Waals surface area contributed by atoms with Gasteiger partial charge in [-0.05, 0) is 30.4 Å². The van der Waals surface area contributed by atoms with Crippen LogP contribution in [0.1, 0.15) is 18.9 Å². The van der Waals surface area contributed by atoms with Gasteiger partial charge in [0.2, 0.25) is 0 Å². The van der Waals surface area contributed by atoms with Crippen LogP contribution in [-0.2, 0) is 11.3 Å². The summed E-state index contributed by atoms with van der Waals surface area (Å²) in [6.07, 6.45) is 2.71. The molecule has 0 aliphatic rings. The van der Waals surface area contributed by atoms with Gasteiger partial charge in [-0.1, -0.05) is 19.1 Å². The molecule has 1 aromatic carbocycles. The zero-order valence-electron chi connectivity index (χ0n) is 10.3. The molecule has 0 heterocycles. The summed E-state index contributed by atoms with van der Waals surface area (Å²) in [5.41, 5.74) is 1.18. The second kappa shape index (κ2) is 7.35. The molecule has 94 valence electrons. The molecule has 1 unspecified atom stereocenters. The molecule has 1 rings (SSSR count). The molecule has 0 aliphatic heterocycles. The minimum Gasteiger partial charge on any atom is -0.481 e. The van der Waals surface area contributed by atoms with Gasteiger partial charge in [-0.3, -0.25) is 4.79 Å². The lowest BCUT2D eigenvalue weighted by atomic mass is 10.1. The highest BCUT2D eigenvalue weighted by Crippen LogP contribution is 2.14. The number of carbonyl (C=O) groups is 1. The number of hydrogen-bond acceptors (Lipinski definition) is 3. The third-order valence-electron chi connectivity index (χ3n) is 2.72. The molecule has 1 aromatic rings. The Morgan fingerprint density at radius 1 is 1.41 bits per heavy atom. The Morgan fingerprint density at radius 3 is 2.53 bits per heavy atom. The molecule has 0 saturated heterocycles. The summed E-state index contributed by atoms with van der Waals surface area (Å²) in [7, 11) is 0. The van der Waals surface area contributed by atoms with E-state index in [1.165, 1.54) is 10.5 Å². The number of aliphatic carboxylic acids is 1. The van der Waals surface area contributed by atoms with Gasteiger partial charge in [0.1, 0.15) is 0 Å². The van der Waals surface area contributed by atoms with Gasteiger partial charge in [0.05, 0.1) is 5.92 Å². The maximum atomic E-state index is 10.8. The summed E-state index contributed by atoms with van der Waals surface area (Å²) >= 11 is 1.72. The molecule has 0 aliphatic carbocycles. The molecule has 0 aromatic heterocycles. The van der Waals surface area contributed by atoms with Crippen LogP contribution in [0.2, 0.25) is 0 Å². The van der Waals surface area contributed by atoms with Crippen molar-refractivity contribution in [3.05, 3.63) is 29.8 Å². The van der Waals surface area contributed by atoms with Gasteiger partial charge >= 0.3 is 5.97 Å². The lowest BCUT2D eigenvalue weighted by molar-refractivity contribution is -0.141. The van der Waals surface area contributed by atoms with E-state index in [1.807, 2.05) is 13.2 Å². The van der Waals surface area contributed by atoms with E-state index >= 15 is 0 Å². The smallest absolute Gasteiger partial charge is 0.307 e. The molecule has 3 nitrogen and oxygen atoms in total. The first kappa shape index (κ1) is 14.1. The molecule has 0 bridgehead atoms. The topological polar surface area (TPSA) is 49.3 Å². The molecule has 4 heteroatoms. The molecular weight excluding hydrogens is 234 g/mol. The van der Waals surface area contributed by atoms with Crippen molar-refractivity contribution < 1.29 is 9.90 Å². The third-order valence-corrected chi connectivity index (χ3v) is 3.46. The van der Waals surface area contributed by atoms with Crippen LogP contribution < -0.4 is 5.32 Å². The molecule has 0 saturated carbocycles. The number of benzene rings is 1. The van der Waals surface area contributed by atoms with Crippen molar-refractivity contribution in [2.75, 3.05) is 12.8 Å². The molecule has 0 amide bonds. The van der Waals surface area contributed by atoms with Crippen LogP contribution in [0.4, 0.5) is 0 Å². The van der Waals surface area contributed by atoms with Crippen molar-refractivity contribution in [3.8, 4) is 0 Å². The highest BCUT2D eigenvalue weighted by Gasteiger charge is 2.13. The van der Waals surface area contributed by atoms with Gasteiger partial charge in [0.15, 0.2) is 0 Å². The molecule has 0 radical (unpaired) electrons. The van der Waals surface area contributed by atoms with Gasteiger partial charge in [-0.15, -0.1) is 11.8 Å². The van der Waals surface area contributed by atoms with Crippen molar-refractivity contribution in [1.82, 2.24) is 5.32 Å². The predicted octanol–water partition coefficient (Wildman–Crippen LogP) is 2.61. The minimum absolute atomic E-state index is 0.291. The Bertz CT molecular complexity index is 351. The minimum atomic E-state index is -0.724. The van der Waals surface area contributed by atoms with Crippen molar-refractivity contribution in [2.45, 2.75) is 24.8 Å². The highest BCUT2D eigenvalue weighted by atomic mass is 32.2. The fraction of sp³-hybridized carbons (Fsp3) is 0.462. The normalized spacial score (nSPS) is 12.4. The summed E-state index contributed by atoms with van der Waals surface area (Å²) in [4.78, 5) is 12.1. The molecule has 0 fully saturated rings. The quantitative estimate of drug-likeness (QED) is 0.733. The highest BCUT2D eigenvalue weighted by molar-refractivity contribution is 7.98. The second-order valence-electron chi connectivity index (χ2n) is 3.92. The summed E-state index contributed by atoms with van der Waals surface area (Å²) in [5, 5.41) is 12.1. The van der Waals surface area contributed by atoms with E-state index in [2.05, 4.69) is 29.6 Å². The lowest BCUT2D eigenvalue weighted by Crippen LogP contribution is -2.27. The zero-order chi connectivity index (χ0) is 12.7.